The van der Waals surface area contributed by atoms with Crippen molar-refractivity contribution < 1.29 is 18.4 Å². The van der Waals surface area contributed by atoms with Crippen molar-refractivity contribution in [3.8, 4) is 0 Å². The standard InChI is InChI=1S/C7H13N2O3P/c1-4-7(9-8)13(10,11-5-2)12-6-3/h4H,1,5-6H2,2-3H3. The highest BCUT2D eigenvalue weighted by Gasteiger charge is 2.36. The fourth-order valence-electron chi connectivity index (χ4n) is 0.717. The van der Waals surface area contributed by atoms with Gasteiger partial charge in [0.05, 0.1) is 13.2 Å². The van der Waals surface area contributed by atoms with Crippen LogP contribution in [0, 0.1) is 0 Å². The van der Waals surface area contributed by atoms with E-state index in [2.05, 4.69) is 11.4 Å². The lowest BCUT2D eigenvalue weighted by Gasteiger charge is -2.10. The minimum Gasteiger partial charge on any atom is -0.360 e. The van der Waals surface area contributed by atoms with Crippen molar-refractivity contribution in [3.05, 3.63) is 18.2 Å². The first kappa shape index (κ1) is 12.3. The molecule has 0 saturated carbocycles. The van der Waals surface area contributed by atoms with E-state index in [9.17, 15) is 4.57 Å². The van der Waals surface area contributed by atoms with Crippen LogP contribution in [0.25, 0.3) is 5.53 Å². The normalized spacial score (nSPS) is 10.6. The molecule has 0 aliphatic carbocycles. The molecule has 0 aliphatic rings. The summed E-state index contributed by atoms with van der Waals surface area (Å²) in [7, 11) is -3.45. The third-order valence-electron chi connectivity index (χ3n) is 1.16. The van der Waals surface area contributed by atoms with Crippen LogP contribution >= 0.6 is 7.60 Å². The smallest absolute Gasteiger partial charge is 0.360 e. The van der Waals surface area contributed by atoms with E-state index in [1.54, 1.807) is 13.8 Å². The van der Waals surface area contributed by atoms with Crippen LogP contribution in [-0.2, 0) is 13.6 Å². The first-order chi connectivity index (χ1) is 6.14. The molecule has 0 fully saturated rings. The lowest BCUT2D eigenvalue weighted by Crippen LogP contribution is -2.05. The number of nitrogens with zero attached hydrogens (tertiary/aromatic N) is 2. The van der Waals surface area contributed by atoms with Crippen molar-refractivity contribution >= 4 is 13.0 Å². The molecule has 0 aromatic heterocycles. The highest BCUT2D eigenvalue weighted by atomic mass is 31.2. The SMILES string of the molecule is C=CC(=[N+]=[N-])P(=O)(OCC)OCC. The first-order valence-corrected chi connectivity index (χ1v) is 5.43. The van der Waals surface area contributed by atoms with Crippen LogP contribution in [0.15, 0.2) is 12.7 Å². The number of rotatable bonds is 6. The van der Waals surface area contributed by atoms with Gasteiger partial charge in [0.25, 0.3) is 0 Å². The van der Waals surface area contributed by atoms with Crippen LogP contribution in [0.2, 0.25) is 0 Å². The molecular formula is C7H13N2O3P. The Bertz CT molecular complexity index is 261. The van der Waals surface area contributed by atoms with Crippen molar-refractivity contribution in [3.63, 3.8) is 0 Å². The molecule has 0 rings (SSSR count). The van der Waals surface area contributed by atoms with Gasteiger partial charge >= 0.3 is 13.0 Å². The fourth-order valence-corrected chi connectivity index (χ4v) is 2.07. The van der Waals surface area contributed by atoms with Gasteiger partial charge in [0.1, 0.15) is 0 Å². The monoisotopic (exact) mass is 204 g/mol. The van der Waals surface area contributed by atoms with Crippen molar-refractivity contribution in [1.82, 2.24) is 0 Å². The molecule has 0 bridgehead atoms. The van der Waals surface area contributed by atoms with Gasteiger partial charge in [-0.2, -0.15) is 4.79 Å². The molecule has 0 aliphatic heterocycles. The zero-order chi connectivity index (χ0) is 10.3. The Balaban J connectivity index is 4.87. The van der Waals surface area contributed by atoms with E-state index in [1.807, 2.05) is 0 Å². The van der Waals surface area contributed by atoms with Crippen LogP contribution in [0.3, 0.4) is 0 Å². The zero-order valence-electron chi connectivity index (χ0n) is 7.77. The molecule has 0 aromatic carbocycles. The molecule has 74 valence electrons. The van der Waals surface area contributed by atoms with Crippen LogP contribution in [0.5, 0.6) is 0 Å². The van der Waals surface area contributed by atoms with Gasteiger partial charge in [0.15, 0.2) is 0 Å². The molecule has 0 aromatic rings. The first-order valence-electron chi connectivity index (χ1n) is 3.88. The van der Waals surface area contributed by atoms with Gasteiger partial charge < -0.3 is 14.6 Å². The summed E-state index contributed by atoms with van der Waals surface area (Å²) in [4.78, 5) is 2.80. The molecule has 6 heteroatoms. The van der Waals surface area contributed by atoms with E-state index >= 15 is 0 Å². The maximum absolute atomic E-state index is 11.8. The summed E-state index contributed by atoms with van der Waals surface area (Å²) in [6.07, 6.45) is 1.14. The topological polar surface area (TPSA) is 71.9 Å². The second-order valence-electron chi connectivity index (χ2n) is 2.00. The summed E-state index contributed by atoms with van der Waals surface area (Å²) < 4.78 is 21.5. The molecule has 0 heterocycles. The molecule has 0 radical (unpaired) electrons. The van der Waals surface area contributed by atoms with Crippen molar-refractivity contribution in [2.75, 3.05) is 13.2 Å². The second kappa shape index (κ2) is 5.84. The van der Waals surface area contributed by atoms with E-state index in [-0.39, 0.29) is 18.7 Å². The quantitative estimate of drug-likeness (QED) is 0.287. The molecule has 13 heavy (non-hydrogen) atoms. The minimum atomic E-state index is -3.45. The summed E-state index contributed by atoms with van der Waals surface area (Å²) in [5.41, 5.74) is 8.33. The third kappa shape index (κ3) is 3.25. The van der Waals surface area contributed by atoms with Crippen LogP contribution in [0.4, 0.5) is 0 Å². The average molecular weight is 204 g/mol. The van der Waals surface area contributed by atoms with Crippen LogP contribution < -0.4 is 0 Å². The zero-order valence-corrected chi connectivity index (χ0v) is 8.66. The Morgan fingerprint density at radius 1 is 1.54 bits per heavy atom. The van der Waals surface area contributed by atoms with Gasteiger partial charge in [-0.25, -0.2) is 4.57 Å². The largest absolute Gasteiger partial charge is 0.442 e. The molecule has 0 spiro atoms. The Kier molecular flexibility index (Phi) is 5.51. The van der Waals surface area contributed by atoms with Crippen molar-refractivity contribution in [2.24, 2.45) is 0 Å². The highest BCUT2D eigenvalue weighted by molar-refractivity contribution is 7.72. The molecule has 0 atom stereocenters. The summed E-state index contributed by atoms with van der Waals surface area (Å²) in [5.74, 6) is 0. The fraction of sp³-hybridized carbons (Fsp3) is 0.571. The van der Waals surface area contributed by atoms with Crippen LogP contribution in [-0.4, -0.2) is 23.5 Å². The lowest BCUT2D eigenvalue weighted by atomic mass is 10.7. The van der Waals surface area contributed by atoms with E-state index in [0.717, 1.165) is 6.08 Å². The highest BCUT2D eigenvalue weighted by Crippen LogP contribution is 2.49. The summed E-state index contributed by atoms with van der Waals surface area (Å²) in [6, 6.07) is 0. The van der Waals surface area contributed by atoms with E-state index in [0.29, 0.717) is 0 Å². The molecule has 0 unspecified atom stereocenters. The van der Waals surface area contributed by atoms with Crippen LogP contribution in [0.1, 0.15) is 13.8 Å². The number of hydrogen-bond donors (Lipinski definition) is 0. The Labute approximate surface area is 77.5 Å². The second-order valence-corrected chi connectivity index (χ2v) is 3.96. The van der Waals surface area contributed by atoms with Gasteiger partial charge in [0.2, 0.25) is 0 Å². The summed E-state index contributed by atoms with van der Waals surface area (Å²) >= 11 is 0. The minimum absolute atomic E-state index is 0.170. The van der Waals surface area contributed by atoms with Gasteiger partial charge in [-0.05, 0) is 13.8 Å². The Morgan fingerprint density at radius 2 is 2.00 bits per heavy atom. The van der Waals surface area contributed by atoms with E-state index < -0.39 is 7.60 Å². The number of allylic oxidation sites excluding steroid dienone is 1. The molecule has 5 nitrogen and oxygen atoms in total. The number of hydrogen-bond acceptors (Lipinski definition) is 3. The van der Waals surface area contributed by atoms with Gasteiger partial charge in [-0.1, -0.05) is 6.58 Å². The molecule has 0 N–H and O–H groups in total. The van der Waals surface area contributed by atoms with Gasteiger partial charge in [-0.15, -0.1) is 0 Å². The Morgan fingerprint density at radius 3 is 2.23 bits per heavy atom. The molecule has 0 amide bonds. The Hall–Kier alpha value is -0.730. The maximum Gasteiger partial charge on any atom is 0.442 e. The third-order valence-corrected chi connectivity index (χ3v) is 3.19. The molecule has 0 saturated heterocycles. The summed E-state index contributed by atoms with van der Waals surface area (Å²) in [5, 5.41) is 0. The van der Waals surface area contributed by atoms with Crippen molar-refractivity contribution in [2.45, 2.75) is 13.8 Å². The van der Waals surface area contributed by atoms with Crippen molar-refractivity contribution in [1.29, 1.82) is 0 Å². The van der Waals surface area contributed by atoms with E-state index in [4.69, 9.17) is 14.6 Å². The predicted molar refractivity (Wildman–Crippen MR) is 49.7 cm³/mol. The van der Waals surface area contributed by atoms with Gasteiger partial charge in [-0.3, -0.25) is 0 Å². The maximum atomic E-state index is 11.8. The summed E-state index contributed by atoms with van der Waals surface area (Å²) in [6.45, 7) is 7.11. The average Bonchev–Trinajstić information content (AvgIpc) is 2.07. The molecular weight excluding hydrogens is 191 g/mol. The van der Waals surface area contributed by atoms with E-state index in [1.165, 1.54) is 0 Å². The predicted octanol–water partition coefficient (Wildman–Crippen LogP) is 2.07. The van der Waals surface area contributed by atoms with Gasteiger partial charge in [0, 0.05) is 6.08 Å². The lowest BCUT2D eigenvalue weighted by molar-refractivity contribution is -0.00204.